The summed E-state index contributed by atoms with van der Waals surface area (Å²) in [5, 5.41) is 6.07. The van der Waals surface area contributed by atoms with Crippen molar-refractivity contribution in [3.63, 3.8) is 0 Å². The van der Waals surface area contributed by atoms with Crippen LogP contribution >= 0.6 is 0 Å². The molecule has 2 N–H and O–H groups in total. The van der Waals surface area contributed by atoms with Gasteiger partial charge in [0.15, 0.2) is 0 Å². The molecule has 1 heterocycles. The minimum absolute atomic E-state index is 0.0887. The molecular weight excluding hydrogens is 312 g/mol. The number of carbonyl (C=O) groups excluding carboxylic acids is 1. The molecule has 0 bridgehead atoms. The molecular formula is C20H28N4O. The largest absolute Gasteiger partial charge is 0.354 e. The van der Waals surface area contributed by atoms with Crippen LogP contribution in [0.5, 0.6) is 0 Å². The van der Waals surface area contributed by atoms with Gasteiger partial charge in [0, 0.05) is 17.9 Å². The summed E-state index contributed by atoms with van der Waals surface area (Å²) >= 11 is 0. The van der Waals surface area contributed by atoms with Crippen LogP contribution in [0.25, 0.3) is 0 Å². The summed E-state index contributed by atoms with van der Waals surface area (Å²) in [6, 6.07) is 9.63. The van der Waals surface area contributed by atoms with Crippen LogP contribution in [0.15, 0.2) is 30.3 Å². The number of hydrogen-bond acceptors (Lipinski definition) is 4. The Morgan fingerprint density at radius 1 is 1.12 bits per heavy atom. The van der Waals surface area contributed by atoms with Gasteiger partial charge < -0.3 is 10.6 Å². The number of benzene rings is 1. The SMILES string of the molecule is CCCCNc1nc(C)cc(C(=O)Nc2ccc(C(C)(C)C)cc2)n1. The third-order valence-corrected chi connectivity index (χ3v) is 3.91. The first-order chi connectivity index (χ1) is 11.8. The zero-order chi connectivity index (χ0) is 18.4. The molecule has 0 unspecified atom stereocenters. The number of anilines is 2. The van der Waals surface area contributed by atoms with Crippen LogP contribution in [-0.2, 0) is 5.41 Å². The lowest BCUT2D eigenvalue weighted by atomic mass is 9.87. The zero-order valence-electron chi connectivity index (χ0n) is 15.8. The molecule has 0 atom stereocenters. The van der Waals surface area contributed by atoms with E-state index in [-0.39, 0.29) is 11.3 Å². The van der Waals surface area contributed by atoms with E-state index < -0.39 is 0 Å². The van der Waals surface area contributed by atoms with E-state index in [2.05, 4.69) is 48.3 Å². The molecule has 0 radical (unpaired) electrons. The van der Waals surface area contributed by atoms with E-state index in [0.29, 0.717) is 11.6 Å². The smallest absolute Gasteiger partial charge is 0.274 e. The molecule has 1 aromatic carbocycles. The highest BCUT2D eigenvalue weighted by molar-refractivity contribution is 6.03. The van der Waals surface area contributed by atoms with Crippen LogP contribution < -0.4 is 10.6 Å². The summed E-state index contributed by atoms with van der Waals surface area (Å²) in [4.78, 5) is 21.2. The van der Waals surface area contributed by atoms with Crippen molar-refractivity contribution < 1.29 is 4.79 Å². The third kappa shape index (κ3) is 5.55. The van der Waals surface area contributed by atoms with Crippen molar-refractivity contribution in [2.75, 3.05) is 17.2 Å². The second-order valence-electron chi connectivity index (χ2n) is 7.28. The Labute approximate surface area is 150 Å². The second-order valence-corrected chi connectivity index (χ2v) is 7.28. The lowest BCUT2D eigenvalue weighted by Crippen LogP contribution is -2.17. The van der Waals surface area contributed by atoms with Gasteiger partial charge in [0.25, 0.3) is 5.91 Å². The number of rotatable bonds is 6. The van der Waals surface area contributed by atoms with Gasteiger partial charge in [-0.2, -0.15) is 0 Å². The average Bonchev–Trinajstić information content (AvgIpc) is 2.54. The number of hydrogen-bond donors (Lipinski definition) is 2. The lowest BCUT2D eigenvalue weighted by molar-refractivity contribution is 0.102. The van der Waals surface area contributed by atoms with Crippen molar-refractivity contribution >= 4 is 17.5 Å². The minimum Gasteiger partial charge on any atom is -0.354 e. The quantitative estimate of drug-likeness (QED) is 0.757. The highest BCUT2D eigenvalue weighted by Gasteiger charge is 2.14. The van der Waals surface area contributed by atoms with Crippen molar-refractivity contribution in [1.82, 2.24) is 9.97 Å². The summed E-state index contributed by atoms with van der Waals surface area (Å²) in [7, 11) is 0. The van der Waals surface area contributed by atoms with Gasteiger partial charge in [-0.05, 0) is 42.5 Å². The van der Waals surface area contributed by atoms with Crippen LogP contribution in [-0.4, -0.2) is 22.4 Å². The van der Waals surface area contributed by atoms with E-state index in [4.69, 9.17) is 0 Å². The minimum atomic E-state index is -0.229. The van der Waals surface area contributed by atoms with Gasteiger partial charge in [-0.1, -0.05) is 46.2 Å². The lowest BCUT2D eigenvalue weighted by Gasteiger charge is -2.19. The van der Waals surface area contributed by atoms with Crippen molar-refractivity contribution in [3.8, 4) is 0 Å². The molecule has 0 aliphatic heterocycles. The normalized spacial score (nSPS) is 11.2. The molecule has 0 saturated carbocycles. The molecule has 0 fully saturated rings. The van der Waals surface area contributed by atoms with Crippen molar-refractivity contribution in [2.45, 2.75) is 52.9 Å². The van der Waals surface area contributed by atoms with Crippen LogP contribution in [0, 0.1) is 6.92 Å². The number of aryl methyl sites for hydroxylation is 1. The first-order valence-electron chi connectivity index (χ1n) is 8.81. The fraction of sp³-hybridized carbons (Fsp3) is 0.450. The molecule has 5 nitrogen and oxygen atoms in total. The predicted molar refractivity (Wildman–Crippen MR) is 103 cm³/mol. The fourth-order valence-electron chi connectivity index (χ4n) is 2.39. The number of aromatic nitrogens is 2. The van der Waals surface area contributed by atoms with Gasteiger partial charge in [-0.15, -0.1) is 0 Å². The molecule has 134 valence electrons. The fourth-order valence-corrected chi connectivity index (χ4v) is 2.39. The molecule has 0 spiro atoms. The van der Waals surface area contributed by atoms with Crippen molar-refractivity contribution in [2.24, 2.45) is 0 Å². The Balaban J connectivity index is 2.09. The van der Waals surface area contributed by atoms with Gasteiger partial charge in [0.2, 0.25) is 5.95 Å². The van der Waals surface area contributed by atoms with Crippen molar-refractivity contribution in [3.05, 3.63) is 47.3 Å². The number of carbonyl (C=O) groups is 1. The summed E-state index contributed by atoms with van der Waals surface area (Å²) in [5.41, 5.74) is 3.21. The first-order valence-corrected chi connectivity index (χ1v) is 8.81. The summed E-state index contributed by atoms with van der Waals surface area (Å²) < 4.78 is 0. The second kappa shape index (κ2) is 8.10. The van der Waals surface area contributed by atoms with E-state index in [1.807, 2.05) is 31.2 Å². The Bertz CT molecular complexity index is 717. The van der Waals surface area contributed by atoms with E-state index in [1.165, 1.54) is 5.56 Å². The predicted octanol–water partition coefficient (Wildman–Crippen LogP) is 4.55. The maximum atomic E-state index is 12.5. The molecule has 0 saturated heterocycles. The third-order valence-electron chi connectivity index (χ3n) is 3.91. The van der Waals surface area contributed by atoms with Crippen LogP contribution in [0.4, 0.5) is 11.6 Å². The van der Waals surface area contributed by atoms with Crippen molar-refractivity contribution in [1.29, 1.82) is 0 Å². The van der Waals surface area contributed by atoms with Gasteiger partial charge in [-0.3, -0.25) is 4.79 Å². The standard InChI is InChI=1S/C20H28N4O/c1-6-7-12-21-19-22-14(2)13-17(24-19)18(25)23-16-10-8-15(9-11-16)20(3,4)5/h8-11,13H,6-7,12H2,1-5H3,(H,23,25)(H,21,22,24). The van der Waals surface area contributed by atoms with Gasteiger partial charge >= 0.3 is 0 Å². The average molecular weight is 340 g/mol. The van der Waals surface area contributed by atoms with Crippen LogP contribution in [0.3, 0.4) is 0 Å². The van der Waals surface area contributed by atoms with Gasteiger partial charge in [0.05, 0.1) is 0 Å². The number of nitrogens with one attached hydrogen (secondary N) is 2. The Hall–Kier alpha value is -2.43. The maximum Gasteiger partial charge on any atom is 0.274 e. The highest BCUT2D eigenvalue weighted by Crippen LogP contribution is 2.23. The number of amides is 1. The molecule has 25 heavy (non-hydrogen) atoms. The van der Waals surface area contributed by atoms with Gasteiger partial charge in [-0.25, -0.2) is 9.97 Å². The Morgan fingerprint density at radius 3 is 2.40 bits per heavy atom. The van der Waals surface area contributed by atoms with E-state index >= 15 is 0 Å². The number of unbranched alkanes of at least 4 members (excludes halogenated alkanes) is 1. The van der Waals surface area contributed by atoms with Gasteiger partial charge in [0.1, 0.15) is 5.69 Å². The van der Waals surface area contributed by atoms with E-state index in [9.17, 15) is 4.79 Å². The molecule has 2 rings (SSSR count). The van der Waals surface area contributed by atoms with Crippen LogP contribution in [0.2, 0.25) is 0 Å². The summed E-state index contributed by atoms with van der Waals surface area (Å²) in [6.45, 7) is 11.3. The molecule has 1 aromatic heterocycles. The molecule has 5 heteroatoms. The highest BCUT2D eigenvalue weighted by atomic mass is 16.1. The maximum absolute atomic E-state index is 12.5. The first kappa shape index (κ1) is 18.9. The zero-order valence-corrected chi connectivity index (χ0v) is 15.8. The van der Waals surface area contributed by atoms with E-state index in [1.54, 1.807) is 6.07 Å². The van der Waals surface area contributed by atoms with E-state index in [0.717, 1.165) is 30.8 Å². The summed E-state index contributed by atoms with van der Waals surface area (Å²) in [5.74, 6) is 0.272. The number of nitrogens with zero attached hydrogens (tertiary/aromatic N) is 2. The molecule has 0 aliphatic rings. The topological polar surface area (TPSA) is 66.9 Å². The molecule has 0 aliphatic carbocycles. The summed E-state index contributed by atoms with van der Waals surface area (Å²) in [6.07, 6.45) is 2.13. The molecule has 1 amide bonds. The van der Waals surface area contributed by atoms with Crippen LogP contribution in [0.1, 0.15) is 62.3 Å². The monoisotopic (exact) mass is 340 g/mol. The Morgan fingerprint density at radius 2 is 1.80 bits per heavy atom. The molecule has 2 aromatic rings. The Kier molecular flexibility index (Phi) is 6.12.